The maximum atomic E-state index is 10.8. The van der Waals surface area contributed by atoms with Gasteiger partial charge in [-0.2, -0.15) is 0 Å². The Morgan fingerprint density at radius 3 is 1.60 bits per heavy atom. The van der Waals surface area contributed by atoms with Crippen LogP contribution in [-0.2, 0) is 0 Å². The molecule has 0 saturated heterocycles. The third-order valence-corrected chi connectivity index (χ3v) is 2.84. The van der Waals surface area contributed by atoms with Crippen LogP contribution >= 0.6 is 8.15 Å². The van der Waals surface area contributed by atoms with Gasteiger partial charge in [-0.15, -0.1) is 0 Å². The SMILES string of the molecule is CCCP([O-])CCC.[Cl-].[Mg+2]. The molecule has 0 rings (SSSR count). The van der Waals surface area contributed by atoms with E-state index in [0.29, 0.717) is 0 Å². The summed E-state index contributed by atoms with van der Waals surface area (Å²) in [5.74, 6) is 0. The van der Waals surface area contributed by atoms with Crippen molar-refractivity contribution in [2.24, 2.45) is 0 Å². The second-order valence-corrected chi connectivity index (χ2v) is 3.79. The van der Waals surface area contributed by atoms with Crippen molar-refractivity contribution in [2.75, 3.05) is 12.3 Å². The molecule has 0 fully saturated rings. The minimum absolute atomic E-state index is 0. The first-order chi connectivity index (χ1) is 3.81. The molecule has 0 aromatic rings. The van der Waals surface area contributed by atoms with Gasteiger partial charge in [0, 0.05) is 0 Å². The van der Waals surface area contributed by atoms with Gasteiger partial charge in [0.2, 0.25) is 0 Å². The number of hydrogen-bond donors (Lipinski definition) is 0. The van der Waals surface area contributed by atoms with E-state index in [-0.39, 0.29) is 35.5 Å². The van der Waals surface area contributed by atoms with Gasteiger partial charge in [-0.3, -0.25) is 0 Å². The molecule has 0 radical (unpaired) electrons. The molecule has 0 aliphatic heterocycles. The van der Waals surface area contributed by atoms with Crippen LogP contribution in [0.2, 0.25) is 0 Å². The summed E-state index contributed by atoms with van der Waals surface area (Å²) in [4.78, 5) is 10.8. The number of halogens is 1. The van der Waals surface area contributed by atoms with E-state index in [9.17, 15) is 4.89 Å². The van der Waals surface area contributed by atoms with Gasteiger partial charge >= 0.3 is 23.1 Å². The van der Waals surface area contributed by atoms with Crippen molar-refractivity contribution in [3.05, 3.63) is 0 Å². The molecule has 0 spiro atoms. The smallest absolute Gasteiger partial charge is 1.00 e. The van der Waals surface area contributed by atoms with E-state index in [0.717, 1.165) is 25.2 Å². The summed E-state index contributed by atoms with van der Waals surface area (Å²) in [6, 6.07) is 0. The number of rotatable bonds is 4. The third-order valence-electron chi connectivity index (χ3n) is 0.946. The first-order valence-electron chi connectivity index (χ1n) is 3.23. The Morgan fingerprint density at radius 2 is 1.40 bits per heavy atom. The molecule has 0 aromatic carbocycles. The molecule has 0 aliphatic rings. The molecule has 0 aromatic heterocycles. The molecule has 1 nitrogen and oxygen atoms in total. The van der Waals surface area contributed by atoms with E-state index in [2.05, 4.69) is 13.8 Å². The molecule has 4 heteroatoms. The van der Waals surface area contributed by atoms with Crippen LogP contribution in [0.5, 0.6) is 0 Å². The Kier molecular flexibility index (Phi) is 22.9. The Morgan fingerprint density at radius 1 is 1.10 bits per heavy atom. The largest absolute Gasteiger partial charge is 2.00 e. The summed E-state index contributed by atoms with van der Waals surface area (Å²) in [6.07, 6.45) is 3.97. The van der Waals surface area contributed by atoms with Gasteiger partial charge in [-0.05, 0) is 12.3 Å². The molecular weight excluding hydrogens is 179 g/mol. The minimum Gasteiger partial charge on any atom is -1.00 e. The summed E-state index contributed by atoms with van der Waals surface area (Å²) >= 11 is 0. The van der Waals surface area contributed by atoms with Crippen molar-refractivity contribution in [1.29, 1.82) is 0 Å². The Hall–Kier alpha value is 1.45. The fourth-order valence-corrected chi connectivity index (χ4v) is 1.83. The van der Waals surface area contributed by atoms with E-state index in [4.69, 9.17) is 0 Å². The van der Waals surface area contributed by atoms with Crippen molar-refractivity contribution in [2.45, 2.75) is 26.7 Å². The van der Waals surface area contributed by atoms with Crippen LogP contribution in [0.1, 0.15) is 26.7 Å². The zero-order valence-electron chi connectivity index (χ0n) is 6.77. The summed E-state index contributed by atoms with van der Waals surface area (Å²) in [6.45, 7) is 4.14. The van der Waals surface area contributed by atoms with Crippen molar-refractivity contribution < 1.29 is 17.3 Å². The van der Waals surface area contributed by atoms with E-state index >= 15 is 0 Å². The van der Waals surface area contributed by atoms with Gasteiger partial charge in [0.25, 0.3) is 0 Å². The zero-order valence-corrected chi connectivity index (χ0v) is 9.83. The first kappa shape index (κ1) is 17.5. The van der Waals surface area contributed by atoms with Crippen LogP contribution in [-0.4, -0.2) is 35.4 Å². The van der Waals surface area contributed by atoms with Crippen LogP contribution in [0.25, 0.3) is 0 Å². The van der Waals surface area contributed by atoms with Gasteiger partial charge in [0.05, 0.1) is 0 Å². The molecule has 0 amide bonds. The number of hydrogen-bond acceptors (Lipinski definition) is 1. The summed E-state index contributed by atoms with van der Waals surface area (Å²) < 4.78 is 0. The predicted molar refractivity (Wildman–Crippen MR) is 43.0 cm³/mol. The second-order valence-electron chi connectivity index (χ2n) is 1.93. The normalized spacial score (nSPS) is 8.40. The molecule has 0 heterocycles. The molecular formula is C6H14ClMgOP. The molecule has 0 N–H and O–H groups in total. The average Bonchev–Trinajstić information content (AvgIpc) is 1.68. The third kappa shape index (κ3) is 12.2. The average molecular weight is 193 g/mol. The van der Waals surface area contributed by atoms with Crippen molar-refractivity contribution in [3.8, 4) is 0 Å². The Labute approximate surface area is 87.4 Å². The predicted octanol–water partition coefficient (Wildman–Crippen LogP) is -1.81. The fraction of sp³-hybridized carbons (Fsp3) is 1.00. The van der Waals surface area contributed by atoms with E-state index < -0.39 is 8.15 Å². The van der Waals surface area contributed by atoms with Crippen LogP contribution in [0, 0.1) is 0 Å². The Balaban J connectivity index is -0.000000245. The van der Waals surface area contributed by atoms with E-state index in [1.54, 1.807) is 0 Å². The van der Waals surface area contributed by atoms with Crippen LogP contribution in [0.3, 0.4) is 0 Å². The molecule has 58 valence electrons. The van der Waals surface area contributed by atoms with Crippen LogP contribution in [0.4, 0.5) is 0 Å². The van der Waals surface area contributed by atoms with E-state index in [1.807, 2.05) is 0 Å². The van der Waals surface area contributed by atoms with Crippen LogP contribution in [0.15, 0.2) is 0 Å². The van der Waals surface area contributed by atoms with Gasteiger partial charge in [-0.1, -0.05) is 26.7 Å². The molecule has 10 heavy (non-hydrogen) atoms. The molecule has 0 atom stereocenters. The minimum atomic E-state index is -0.831. The van der Waals surface area contributed by atoms with E-state index in [1.165, 1.54) is 0 Å². The second kappa shape index (κ2) is 13.1. The standard InChI is InChI=1S/C6H14OP.ClH.Mg/c1-3-5-8(7)6-4-2;;/h3-6H2,1-2H3;1H;/q-1;;+2/p-1. The van der Waals surface area contributed by atoms with Crippen LogP contribution < -0.4 is 17.3 Å². The summed E-state index contributed by atoms with van der Waals surface area (Å²) in [5, 5.41) is 0. The maximum Gasteiger partial charge on any atom is 2.00 e. The fourth-order valence-electron chi connectivity index (χ4n) is 0.611. The maximum absolute atomic E-state index is 10.8. The molecule has 0 saturated carbocycles. The van der Waals surface area contributed by atoms with Crippen molar-refractivity contribution >= 4 is 31.2 Å². The molecule has 0 aliphatic carbocycles. The monoisotopic (exact) mass is 192 g/mol. The summed E-state index contributed by atoms with van der Waals surface area (Å²) in [5.41, 5.74) is 0. The summed E-state index contributed by atoms with van der Waals surface area (Å²) in [7, 11) is -0.831. The molecule has 0 unspecified atom stereocenters. The van der Waals surface area contributed by atoms with Gasteiger partial charge in [0.15, 0.2) is 0 Å². The zero-order chi connectivity index (χ0) is 6.41. The first-order valence-corrected chi connectivity index (χ1v) is 4.86. The Bertz CT molecular complexity index is 51.0. The molecule has 0 bridgehead atoms. The van der Waals surface area contributed by atoms with Crippen molar-refractivity contribution in [3.63, 3.8) is 0 Å². The topological polar surface area (TPSA) is 23.1 Å². The quantitative estimate of drug-likeness (QED) is 0.381. The van der Waals surface area contributed by atoms with Crippen molar-refractivity contribution in [1.82, 2.24) is 0 Å². The van der Waals surface area contributed by atoms with Gasteiger partial charge in [-0.25, -0.2) is 8.15 Å². The van der Waals surface area contributed by atoms with Gasteiger partial charge in [0.1, 0.15) is 0 Å². The van der Waals surface area contributed by atoms with Gasteiger partial charge < -0.3 is 17.3 Å².